The zero-order valence-corrected chi connectivity index (χ0v) is 21.4. The Morgan fingerprint density at radius 2 is 1.89 bits per heavy atom. The Morgan fingerprint density at radius 1 is 1.18 bits per heavy atom. The second kappa shape index (κ2) is 10.4. The number of fused-ring (bicyclic) bond motifs is 1. The maximum Gasteiger partial charge on any atom is 0.488 e. The summed E-state index contributed by atoms with van der Waals surface area (Å²) < 4.78 is 38.9. The fourth-order valence-corrected chi connectivity index (χ4v) is 5.30. The monoisotopic (exact) mass is 536 g/mol. The van der Waals surface area contributed by atoms with E-state index in [1.54, 1.807) is 35.8 Å². The summed E-state index contributed by atoms with van der Waals surface area (Å²) >= 11 is -2.30. The molecule has 0 bridgehead atoms. The number of aromatic nitrogens is 2. The summed E-state index contributed by atoms with van der Waals surface area (Å²) in [6.07, 6.45) is 3.67. The number of carbonyl (C=O) groups excluding carboxylic acids is 1. The van der Waals surface area contributed by atoms with E-state index in [1.807, 2.05) is 6.07 Å². The molecule has 196 valence electrons. The van der Waals surface area contributed by atoms with Crippen LogP contribution in [0.5, 0.6) is 0 Å². The Hall–Kier alpha value is -3.42. The lowest BCUT2D eigenvalue weighted by Gasteiger charge is -2.20. The summed E-state index contributed by atoms with van der Waals surface area (Å²) in [6, 6.07) is 12.5. The summed E-state index contributed by atoms with van der Waals surface area (Å²) in [4.78, 5) is 12.5. The smallest absolute Gasteiger partial charge is 0.423 e. The molecule has 0 aliphatic heterocycles. The zero-order valence-electron chi connectivity index (χ0n) is 20.5. The molecular formula is C26H26BFN4O5S. The number of hydrogen-bond acceptors (Lipinski definition) is 5. The number of nitrogens with zero attached hydrogens (tertiary/aromatic N) is 3. The highest BCUT2D eigenvalue weighted by Crippen LogP contribution is 2.43. The van der Waals surface area contributed by atoms with Crippen molar-refractivity contribution < 1.29 is 28.0 Å². The minimum absolute atomic E-state index is 0.131. The van der Waals surface area contributed by atoms with Crippen LogP contribution in [0.1, 0.15) is 51.4 Å². The molecule has 12 heteroatoms. The Morgan fingerprint density at radius 3 is 2.47 bits per heavy atom. The van der Waals surface area contributed by atoms with Gasteiger partial charge < -0.3 is 15.8 Å². The van der Waals surface area contributed by atoms with Gasteiger partial charge in [-0.2, -0.15) is 9.40 Å². The largest absolute Gasteiger partial charge is 0.488 e. The number of pyridine rings is 1. The molecule has 0 radical (unpaired) electrons. The van der Waals surface area contributed by atoms with Gasteiger partial charge in [0, 0.05) is 24.8 Å². The molecule has 2 heterocycles. The molecule has 1 saturated carbocycles. The number of primary amides is 1. The third-order valence-corrected chi connectivity index (χ3v) is 7.51. The van der Waals surface area contributed by atoms with Crippen LogP contribution in [-0.4, -0.2) is 45.8 Å². The number of amides is 1. The molecule has 4 aromatic rings. The molecule has 0 spiro atoms. The molecule has 1 unspecified atom stereocenters. The first-order valence-electron chi connectivity index (χ1n) is 12.0. The number of aryl methyl sites for hydroxylation is 1. The van der Waals surface area contributed by atoms with Gasteiger partial charge in [-0.15, -0.1) is 0 Å². The van der Waals surface area contributed by atoms with Crippen molar-refractivity contribution in [3.63, 3.8) is 0 Å². The maximum absolute atomic E-state index is 13.5. The highest BCUT2D eigenvalue weighted by atomic mass is 32.2. The van der Waals surface area contributed by atoms with Gasteiger partial charge in [-0.3, -0.25) is 9.35 Å². The van der Waals surface area contributed by atoms with Crippen LogP contribution in [0.15, 0.2) is 54.7 Å². The van der Waals surface area contributed by atoms with Crippen molar-refractivity contribution in [3.05, 3.63) is 88.4 Å². The first kappa shape index (κ1) is 26.2. The van der Waals surface area contributed by atoms with Crippen molar-refractivity contribution in [1.29, 1.82) is 0 Å². The van der Waals surface area contributed by atoms with Crippen molar-refractivity contribution in [1.82, 2.24) is 13.9 Å². The lowest BCUT2D eigenvalue weighted by atomic mass is 9.77. The Labute approximate surface area is 221 Å². The molecule has 9 nitrogen and oxygen atoms in total. The molecule has 1 fully saturated rings. The predicted octanol–water partition coefficient (Wildman–Crippen LogP) is 2.24. The van der Waals surface area contributed by atoms with E-state index in [0.717, 1.165) is 29.5 Å². The van der Waals surface area contributed by atoms with Gasteiger partial charge in [-0.1, -0.05) is 23.8 Å². The molecule has 38 heavy (non-hydrogen) atoms. The maximum atomic E-state index is 13.5. The van der Waals surface area contributed by atoms with Gasteiger partial charge in [0.2, 0.25) is 11.3 Å². The van der Waals surface area contributed by atoms with Gasteiger partial charge in [0.05, 0.1) is 11.1 Å². The summed E-state index contributed by atoms with van der Waals surface area (Å²) in [6.45, 7) is 2.01. The number of halogens is 1. The van der Waals surface area contributed by atoms with Crippen LogP contribution in [0.4, 0.5) is 4.39 Å². The van der Waals surface area contributed by atoms with Crippen LogP contribution in [0.2, 0.25) is 0 Å². The molecular weight excluding hydrogens is 510 g/mol. The standard InChI is InChI=1S/C26H26BFN4O5S/c1-15-10-16(2-9-22(15)27(34)35)12-31(38(36)37)13-19-14-32-23(11-21(19)17-3-4-17)24(26(29)33)25(30-32)18-5-7-20(28)8-6-18/h2,5-11,14,17,34-35H,3-4,12-13H2,1H3,(H2,29,33)(H,36,37). The Bertz CT molecular complexity index is 1560. The van der Waals surface area contributed by atoms with Crippen molar-refractivity contribution in [2.45, 2.75) is 38.8 Å². The number of benzene rings is 2. The number of carbonyl (C=O) groups is 1. The number of rotatable bonds is 9. The normalized spacial score (nSPS) is 14.3. The van der Waals surface area contributed by atoms with E-state index in [1.165, 1.54) is 28.6 Å². The van der Waals surface area contributed by atoms with Crippen LogP contribution < -0.4 is 11.2 Å². The highest BCUT2D eigenvalue weighted by Gasteiger charge is 2.30. The van der Waals surface area contributed by atoms with Crippen molar-refractivity contribution in [2.24, 2.45) is 5.73 Å². The van der Waals surface area contributed by atoms with Crippen LogP contribution in [-0.2, 0) is 24.4 Å². The third-order valence-electron chi connectivity index (χ3n) is 6.81. The van der Waals surface area contributed by atoms with Gasteiger partial charge in [-0.05, 0) is 78.2 Å². The third kappa shape index (κ3) is 5.26. The van der Waals surface area contributed by atoms with Crippen molar-refractivity contribution in [3.8, 4) is 11.3 Å². The van der Waals surface area contributed by atoms with Gasteiger partial charge in [0.1, 0.15) is 11.5 Å². The van der Waals surface area contributed by atoms with Crippen LogP contribution in [0, 0.1) is 12.7 Å². The van der Waals surface area contributed by atoms with Crippen LogP contribution >= 0.6 is 0 Å². The molecule has 5 rings (SSSR count). The van der Waals surface area contributed by atoms with Crippen molar-refractivity contribution in [2.75, 3.05) is 0 Å². The SMILES string of the molecule is Cc1cc(CN(Cc2cn3nc(-c4ccc(F)cc4)c(C(N)=O)c3cc2C2CC2)S(=O)O)ccc1B(O)O. The average molecular weight is 536 g/mol. The minimum Gasteiger partial charge on any atom is -0.423 e. The van der Waals surface area contributed by atoms with E-state index in [9.17, 15) is 28.0 Å². The molecule has 2 aromatic carbocycles. The Balaban J connectivity index is 1.54. The summed E-state index contributed by atoms with van der Waals surface area (Å²) in [5.41, 5.74) is 10.9. The highest BCUT2D eigenvalue weighted by molar-refractivity contribution is 7.76. The van der Waals surface area contributed by atoms with Gasteiger partial charge in [0.15, 0.2) is 0 Å². The summed E-state index contributed by atoms with van der Waals surface area (Å²) in [7, 11) is -1.60. The quantitative estimate of drug-likeness (QED) is 0.191. The number of nitrogens with two attached hydrogens (primary N) is 1. The minimum atomic E-state index is -2.30. The number of hydrogen-bond donors (Lipinski definition) is 4. The van der Waals surface area contributed by atoms with Crippen molar-refractivity contribution >= 4 is 35.3 Å². The summed E-state index contributed by atoms with van der Waals surface area (Å²) in [5.74, 6) is -0.814. The lowest BCUT2D eigenvalue weighted by molar-refractivity contribution is 0.100. The van der Waals surface area contributed by atoms with E-state index in [0.29, 0.717) is 27.8 Å². The van der Waals surface area contributed by atoms with Crippen LogP contribution in [0.25, 0.3) is 16.8 Å². The molecule has 5 N–H and O–H groups in total. The molecule has 1 atom stereocenters. The van der Waals surface area contributed by atoms with Gasteiger partial charge in [-0.25, -0.2) is 13.1 Å². The first-order chi connectivity index (χ1) is 18.1. The second-order valence-electron chi connectivity index (χ2n) is 9.55. The van der Waals surface area contributed by atoms with E-state index in [-0.39, 0.29) is 24.6 Å². The first-order valence-corrected chi connectivity index (χ1v) is 13.1. The average Bonchev–Trinajstić information content (AvgIpc) is 3.63. The van der Waals surface area contributed by atoms with E-state index < -0.39 is 30.1 Å². The van der Waals surface area contributed by atoms with Gasteiger partial charge >= 0.3 is 7.12 Å². The Kier molecular flexibility index (Phi) is 7.16. The zero-order chi connectivity index (χ0) is 27.1. The lowest BCUT2D eigenvalue weighted by Crippen LogP contribution is -2.32. The van der Waals surface area contributed by atoms with E-state index >= 15 is 0 Å². The van der Waals surface area contributed by atoms with E-state index in [2.05, 4.69) is 5.10 Å². The fourth-order valence-electron chi connectivity index (χ4n) is 4.79. The second-order valence-corrected chi connectivity index (χ2v) is 10.5. The fraction of sp³-hybridized carbons (Fsp3) is 0.231. The van der Waals surface area contributed by atoms with E-state index in [4.69, 9.17) is 5.73 Å². The molecule has 0 saturated heterocycles. The summed E-state index contributed by atoms with van der Waals surface area (Å²) in [5, 5.41) is 23.5. The topological polar surface area (TPSA) is 141 Å². The van der Waals surface area contributed by atoms with Crippen LogP contribution in [0.3, 0.4) is 0 Å². The molecule has 1 amide bonds. The van der Waals surface area contributed by atoms with Gasteiger partial charge in [0.25, 0.3) is 5.91 Å². The molecule has 2 aromatic heterocycles. The predicted molar refractivity (Wildman–Crippen MR) is 142 cm³/mol. The molecule has 1 aliphatic rings. The molecule has 1 aliphatic carbocycles.